The number of hydrogen-bond acceptors (Lipinski definition) is 0. The van der Waals surface area contributed by atoms with E-state index in [2.05, 4.69) is 6.92 Å². The molecule has 11 heavy (non-hydrogen) atoms. The topological polar surface area (TPSA) is 0 Å². The molecule has 1 spiro atoms. The highest BCUT2D eigenvalue weighted by molar-refractivity contribution is 5.51. The second-order valence-electron chi connectivity index (χ2n) is 5.81. The zero-order valence-corrected chi connectivity index (χ0v) is 7.01. The Morgan fingerprint density at radius 2 is 2.18 bits per heavy atom. The highest BCUT2D eigenvalue weighted by Crippen LogP contribution is 3.08. The molecule has 0 saturated heterocycles. The second kappa shape index (κ2) is 0.900. The van der Waals surface area contributed by atoms with E-state index in [1.807, 2.05) is 0 Å². The van der Waals surface area contributed by atoms with Crippen LogP contribution in [0.5, 0.6) is 0 Å². The van der Waals surface area contributed by atoms with Gasteiger partial charge in [-0.2, -0.15) is 0 Å². The summed E-state index contributed by atoms with van der Waals surface area (Å²) in [5.41, 5.74) is 2.01. The fourth-order valence-electron chi connectivity index (χ4n) is 6.16. The SMILES string of the molecule is CCC12CC1C1C3C4CC4C312. The standard InChI is InChI=1S/C11H14/c1-2-10-4-7(10)9-8-5-3-6(5)11(8,9)10/h5-9H,2-4H2,1H3. The predicted molar refractivity (Wildman–Crippen MR) is 41.8 cm³/mol. The normalized spacial score (nSPS) is 89.7. The Bertz CT molecular complexity index is 284. The van der Waals surface area contributed by atoms with Crippen molar-refractivity contribution >= 4 is 0 Å². The van der Waals surface area contributed by atoms with Crippen LogP contribution in [-0.2, 0) is 0 Å². The number of hydrogen-bond donors (Lipinski definition) is 0. The van der Waals surface area contributed by atoms with Gasteiger partial charge in [0.25, 0.3) is 0 Å². The molecule has 5 aliphatic carbocycles. The maximum Gasteiger partial charge on any atom is -0.0139 e. The maximum absolute atomic E-state index is 2.44. The molecular formula is C11H14. The lowest BCUT2D eigenvalue weighted by Crippen LogP contribution is -2.36. The molecule has 58 valence electrons. The predicted octanol–water partition coefficient (Wildman–Crippen LogP) is 2.30. The molecule has 0 aromatic carbocycles. The van der Waals surface area contributed by atoms with E-state index < -0.39 is 0 Å². The summed E-state index contributed by atoms with van der Waals surface area (Å²) in [7, 11) is 0. The molecule has 0 bridgehead atoms. The van der Waals surface area contributed by atoms with Gasteiger partial charge in [-0.3, -0.25) is 0 Å². The summed E-state index contributed by atoms with van der Waals surface area (Å²) in [6, 6.07) is 0. The van der Waals surface area contributed by atoms with E-state index in [4.69, 9.17) is 0 Å². The minimum Gasteiger partial charge on any atom is -0.0648 e. The van der Waals surface area contributed by atoms with E-state index in [1.54, 1.807) is 12.8 Å². The Labute approximate surface area is 67.4 Å². The molecule has 5 rings (SSSR count). The number of fused-ring (bicyclic) bond motifs is 5. The third-order valence-electron chi connectivity index (χ3n) is 6.36. The van der Waals surface area contributed by atoms with Crippen LogP contribution in [0.2, 0.25) is 0 Å². The van der Waals surface area contributed by atoms with Gasteiger partial charge in [-0.1, -0.05) is 6.92 Å². The second-order valence-corrected chi connectivity index (χ2v) is 5.81. The molecule has 0 amide bonds. The lowest BCUT2D eigenvalue weighted by atomic mass is 9.64. The van der Waals surface area contributed by atoms with Gasteiger partial charge < -0.3 is 0 Å². The number of rotatable bonds is 1. The molecule has 0 nitrogen and oxygen atoms in total. The molecule has 0 aliphatic heterocycles. The largest absolute Gasteiger partial charge is 0.0648 e. The first kappa shape index (κ1) is 4.89. The van der Waals surface area contributed by atoms with Crippen LogP contribution >= 0.6 is 0 Å². The molecule has 7 atom stereocenters. The van der Waals surface area contributed by atoms with Crippen LogP contribution in [0.3, 0.4) is 0 Å². The van der Waals surface area contributed by atoms with E-state index in [0.717, 1.165) is 10.8 Å². The van der Waals surface area contributed by atoms with E-state index in [0.29, 0.717) is 0 Å². The summed E-state index contributed by atoms with van der Waals surface area (Å²) in [4.78, 5) is 0. The molecule has 0 N–H and O–H groups in total. The highest BCUT2D eigenvalue weighted by Gasteiger charge is 3.04. The monoisotopic (exact) mass is 146 g/mol. The average molecular weight is 146 g/mol. The van der Waals surface area contributed by atoms with E-state index in [9.17, 15) is 0 Å². The van der Waals surface area contributed by atoms with Crippen molar-refractivity contribution in [1.29, 1.82) is 0 Å². The van der Waals surface area contributed by atoms with Crippen LogP contribution in [0.25, 0.3) is 0 Å². The van der Waals surface area contributed by atoms with Crippen molar-refractivity contribution in [1.82, 2.24) is 0 Å². The van der Waals surface area contributed by atoms with E-state index >= 15 is 0 Å². The first-order chi connectivity index (χ1) is 5.38. The van der Waals surface area contributed by atoms with Gasteiger partial charge >= 0.3 is 0 Å². The van der Waals surface area contributed by atoms with Crippen molar-refractivity contribution in [2.75, 3.05) is 0 Å². The molecule has 5 fully saturated rings. The minimum absolute atomic E-state index is 0.972. The van der Waals surface area contributed by atoms with Crippen molar-refractivity contribution in [2.45, 2.75) is 26.2 Å². The van der Waals surface area contributed by atoms with Crippen molar-refractivity contribution in [3.8, 4) is 0 Å². The summed E-state index contributed by atoms with van der Waals surface area (Å²) in [6.45, 7) is 2.44. The third-order valence-corrected chi connectivity index (χ3v) is 6.36. The molecule has 0 aromatic heterocycles. The molecule has 0 aromatic rings. The van der Waals surface area contributed by atoms with Crippen LogP contribution in [0, 0.1) is 40.4 Å². The van der Waals surface area contributed by atoms with Crippen molar-refractivity contribution in [2.24, 2.45) is 40.4 Å². The van der Waals surface area contributed by atoms with Crippen molar-refractivity contribution in [3.63, 3.8) is 0 Å². The molecule has 5 aliphatic rings. The van der Waals surface area contributed by atoms with Gasteiger partial charge in [-0.25, -0.2) is 0 Å². The minimum atomic E-state index is 0.972. The average Bonchev–Trinajstić information content (AvgIpc) is 2.76. The van der Waals surface area contributed by atoms with E-state index in [-0.39, 0.29) is 0 Å². The van der Waals surface area contributed by atoms with Crippen LogP contribution in [-0.4, -0.2) is 0 Å². The summed E-state index contributed by atoms with van der Waals surface area (Å²) < 4.78 is 0. The summed E-state index contributed by atoms with van der Waals surface area (Å²) in [5, 5.41) is 0. The van der Waals surface area contributed by atoms with Gasteiger partial charge in [0.2, 0.25) is 0 Å². The zero-order chi connectivity index (χ0) is 7.01. The Kier molecular flexibility index (Phi) is 0.400. The van der Waals surface area contributed by atoms with Crippen molar-refractivity contribution in [3.05, 3.63) is 0 Å². The Morgan fingerprint density at radius 3 is 2.91 bits per heavy atom. The van der Waals surface area contributed by atoms with Gasteiger partial charge in [-0.15, -0.1) is 0 Å². The van der Waals surface area contributed by atoms with Crippen LogP contribution in [0.1, 0.15) is 26.2 Å². The van der Waals surface area contributed by atoms with Gasteiger partial charge in [0.15, 0.2) is 0 Å². The summed E-state index contributed by atoms with van der Waals surface area (Å²) in [5.74, 6) is 6.40. The summed E-state index contributed by atoms with van der Waals surface area (Å²) in [6.07, 6.45) is 4.82. The summed E-state index contributed by atoms with van der Waals surface area (Å²) >= 11 is 0. The quantitative estimate of drug-likeness (QED) is 0.532. The molecule has 7 unspecified atom stereocenters. The maximum atomic E-state index is 2.44. The van der Waals surface area contributed by atoms with Crippen LogP contribution in [0.4, 0.5) is 0 Å². The fraction of sp³-hybridized carbons (Fsp3) is 1.00. The van der Waals surface area contributed by atoms with Crippen LogP contribution in [0.15, 0.2) is 0 Å². The van der Waals surface area contributed by atoms with Crippen molar-refractivity contribution < 1.29 is 0 Å². The molecule has 0 heterocycles. The molecule has 0 radical (unpaired) electrons. The van der Waals surface area contributed by atoms with Gasteiger partial charge in [0, 0.05) is 0 Å². The highest BCUT2D eigenvalue weighted by atomic mass is 15.1. The smallest absolute Gasteiger partial charge is 0.0139 e. The van der Waals surface area contributed by atoms with E-state index in [1.165, 1.54) is 36.0 Å². The van der Waals surface area contributed by atoms with Gasteiger partial charge in [0.1, 0.15) is 0 Å². The third kappa shape index (κ3) is 0.212. The Balaban J connectivity index is 1.73. The first-order valence-corrected chi connectivity index (χ1v) is 5.38. The van der Waals surface area contributed by atoms with Gasteiger partial charge in [0.05, 0.1) is 0 Å². The zero-order valence-electron chi connectivity index (χ0n) is 7.01. The first-order valence-electron chi connectivity index (χ1n) is 5.38. The molecule has 0 heteroatoms. The molecular weight excluding hydrogens is 132 g/mol. The Morgan fingerprint density at radius 1 is 1.27 bits per heavy atom. The fourth-order valence-corrected chi connectivity index (χ4v) is 6.16. The van der Waals surface area contributed by atoms with Crippen LogP contribution < -0.4 is 0 Å². The van der Waals surface area contributed by atoms with Gasteiger partial charge in [-0.05, 0) is 59.7 Å². The Hall–Kier alpha value is 0. The lowest BCUT2D eigenvalue weighted by molar-refractivity contribution is 0.0642. The molecule has 5 saturated carbocycles. The lowest BCUT2D eigenvalue weighted by Gasteiger charge is -2.40.